The van der Waals surface area contributed by atoms with Crippen LogP contribution in [-0.4, -0.2) is 9.13 Å². The van der Waals surface area contributed by atoms with Gasteiger partial charge < -0.3 is 9.13 Å². The third-order valence-corrected chi connectivity index (χ3v) is 11.3. The minimum Gasteiger partial charge on any atom is -0.308 e. The number of fused-ring (bicyclic) bond motifs is 6. The van der Waals surface area contributed by atoms with E-state index in [2.05, 4.69) is 181 Å². The summed E-state index contributed by atoms with van der Waals surface area (Å²) in [4.78, 5) is 0. The Bertz CT molecular complexity index is 3310. The highest BCUT2D eigenvalue weighted by Crippen LogP contribution is 2.43. The average Bonchev–Trinajstić information content (AvgIpc) is 3.75. The lowest BCUT2D eigenvalue weighted by Crippen LogP contribution is -2.06. The summed E-state index contributed by atoms with van der Waals surface area (Å²) in [5.74, 6) is 0. The fourth-order valence-electron chi connectivity index (χ4n) is 8.67. The molecular weight excluding hydrogens is 681 g/mol. The van der Waals surface area contributed by atoms with Crippen molar-refractivity contribution in [2.45, 2.75) is 13.8 Å². The quantitative estimate of drug-likeness (QED) is 0.178. The predicted octanol–water partition coefficient (Wildman–Crippen LogP) is 13.2. The Hall–Kier alpha value is -7.66. The van der Waals surface area contributed by atoms with Crippen LogP contribution in [0.15, 0.2) is 170 Å². The van der Waals surface area contributed by atoms with Crippen molar-refractivity contribution in [3.05, 3.63) is 192 Å². The van der Waals surface area contributed by atoms with Gasteiger partial charge in [-0.15, -0.1) is 0 Å². The first-order valence-electron chi connectivity index (χ1n) is 18.8. The first-order chi connectivity index (χ1) is 27.5. The first kappa shape index (κ1) is 32.9. The number of aryl methyl sites for hydroxylation is 2. The Labute approximate surface area is 325 Å². The highest BCUT2D eigenvalue weighted by Gasteiger charge is 2.24. The third-order valence-electron chi connectivity index (χ3n) is 11.3. The molecule has 0 N–H and O–H groups in total. The summed E-state index contributed by atoms with van der Waals surface area (Å²) in [5.41, 5.74) is 15.6. The fourth-order valence-corrected chi connectivity index (χ4v) is 8.67. The number of nitrogens with zero attached hydrogens (tertiary/aromatic N) is 4. The molecule has 4 nitrogen and oxygen atoms in total. The molecule has 0 atom stereocenters. The van der Waals surface area contributed by atoms with E-state index < -0.39 is 0 Å². The van der Waals surface area contributed by atoms with E-state index in [4.69, 9.17) is 0 Å². The zero-order valence-corrected chi connectivity index (χ0v) is 31.0. The smallest absolute Gasteiger partial charge is 0.104 e. The highest BCUT2D eigenvalue weighted by molar-refractivity contribution is 6.13. The van der Waals surface area contributed by atoms with Gasteiger partial charge >= 0.3 is 0 Å². The summed E-state index contributed by atoms with van der Waals surface area (Å²) in [7, 11) is 0. The molecule has 0 radical (unpaired) electrons. The molecule has 2 aromatic heterocycles. The molecule has 56 heavy (non-hydrogen) atoms. The van der Waals surface area contributed by atoms with E-state index in [1.807, 2.05) is 24.3 Å². The maximum atomic E-state index is 11.5. The lowest BCUT2D eigenvalue weighted by Gasteiger charge is -2.20. The number of nitriles is 2. The van der Waals surface area contributed by atoms with Crippen LogP contribution in [0.3, 0.4) is 0 Å². The van der Waals surface area contributed by atoms with Crippen molar-refractivity contribution >= 4 is 43.6 Å². The molecule has 10 aromatic rings. The minimum atomic E-state index is 0.543. The van der Waals surface area contributed by atoms with Crippen molar-refractivity contribution < 1.29 is 0 Å². The van der Waals surface area contributed by atoms with E-state index in [1.54, 1.807) is 0 Å². The maximum Gasteiger partial charge on any atom is 0.104 e. The second-order valence-corrected chi connectivity index (χ2v) is 14.5. The van der Waals surface area contributed by atoms with E-state index in [-0.39, 0.29) is 0 Å². The molecule has 0 saturated heterocycles. The van der Waals surface area contributed by atoms with Crippen LogP contribution in [0.5, 0.6) is 0 Å². The predicted molar refractivity (Wildman–Crippen MR) is 230 cm³/mol. The number of para-hydroxylation sites is 2. The SMILES string of the molecule is Cc1ccccc1-c1ccc2c(c1)c1ccccc1n2-c1ccc(-c2cccc(C#N)c2)c(-n2c3ccccc3c3cc(-c4ccccc4C)ccc32)c1C#N. The van der Waals surface area contributed by atoms with Crippen molar-refractivity contribution in [2.75, 3.05) is 0 Å². The third kappa shape index (κ3) is 5.05. The van der Waals surface area contributed by atoms with Gasteiger partial charge in [0.15, 0.2) is 0 Å². The monoisotopic (exact) mass is 714 g/mol. The van der Waals surface area contributed by atoms with E-state index in [0.717, 1.165) is 77.2 Å². The largest absolute Gasteiger partial charge is 0.308 e. The molecule has 2 heterocycles. The second-order valence-electron chi connectivity index (χ2n) is 14.5. The summed E-state index contributed by atoms with van der Waals surface area (Å²) in [5, 5.41) is 25.9. The van der Waals surface area contributed by atoms with Crippen LogP contribution in [0, 0.1) is 36.5 Å². The summed E-state index contributed by atoms with van der Waals surface area (Å²) in [6.45, 7) is 4.29. The summed E-state index contributed by atoms with van der Waals surface area (Å²) in [6, 6.07) is 64.1. The Morgan fingerprint density at radius 1 is 0.393 bits per heavy atom. The molecule has 4 heteroatoms. The molecule has 0 amide bonds. The van der Waals surface area contributed by atoms with Crippen molar-refractivity contribution in [2.24, 2.45) is 0 Å². The molecule has 0 aliphatic heterocycles. The topological polar surface area (TPSA) is 57.4 Å². The van der Waals surface area contributed by atoms with Crippen molar-refractivity contribution in [1.29, 1.82) is 10.5 Å². The van der Waals surface area contributed by atoms with Crippen LogP contribution in [0.1, 0.15) is 22.3 Å². The van der Waals surface area contributed by atoms with Gasteiger partial charge in [0.05, 0.1) is 45.1 Å². The number of hydrogen-bond acceptors (Lipinski definition) is 2. The molecule has 0 bridgehead atoms. The molecule has 0 fully saturated rings. The zero-order chi connectivity index (χ0) is 37.9. The normalized spacial score (nSPS) is 11.4. The average molecular weight is 715 g/mol. The van der Waals surface area contributed by atoms with Gasteiger partial charge in [0.1, 0.15) is 11.6 Å². The van der Waals surface area contributed by atoms with Gasteiger partial charge in [0, 0.05) is 27.1 Å². The standard InChI is InChI=1S/C52H34N4/c1-33-12-3-5-16-39(33)37-22-25-49-44(29-37)42-18-7-9-20-47(42)55(49)51-27-24-41(36-15-11-14-35(28-36)31-53)52(46(51)32-54)56-48-21-10-8-19-43(48)45-30-38(23-26-50(45)56)40-17-6-4-13-34(40)2/h3-30H,1-2H3. The molecule has 0 spiro atoms. The van der Waals surface area contributed by atoms with Gasteiger partial charge in [-0.05, 0) is 107 Å². The number of rotatable bonds is 5. The Morgan fingerprint density at radius 2 is 0.911 bits per heavy atom. The van der Waals surface area contributed by atoms with Crippen LogP contribution in [-0.2, 0) is 0 Å². The maximum absolute atomic E-state index is 11.5. The zero-order valence-electron chi connectivity index (χ0n) is 31.0. The Balaban J connectivity index is 1.31. The van der Waals surface area contributed by atoms with Crippen molar-refractivity contribution in [3.63, 3.8) is 0 Å². The van der Waals surface area contributed by atoms with Crippen molar-refractivity contribution in [1.82, 2.24) is 9.13 Å². The van der Waals surface area contributed by atoms with Gasteiger partial charge in [-0.1, -0.05) is 115 Å². The summed E-state index contributed by atoms with van der Waals surface area (Å²) >= 11 is 0. The first-order valence-corrected chi connectivity index (χ1v) is 18.8. The van der Waals surface area contributed by atoms with Gasteiger partial charge in [-0.2, -0.15) is 10.5 Å². The molecule has 10 rings (SSSR count). The summed E-state index contributed by atoms with van der Waals surface area (Å²) < 4.78 is 4.50. The van der Waals surface area contributed by atoms with Crippen LogP contribution in [0.25, 0.3) is 88.4 Å². The molecule has 8 aromatic carbocycles. The molecule has 262 valence electrons. The molecule has 0 aliphatic carbocycles. The number of hydrogen-bond donors (Lipinski definition) is 0. The lowest BCUT2D eigenvalue weighted by atomic mass is 9.96. The van der Waals surface area contributed by atoms with Gasteiger partial charge in [0.2, 0.25) is 0 Å². The van der Waals surface area contributed by atoms with E-state index >= 15 is 0 Å². The van der Waals surface area contributed by atoms with Gasteiger partial charge in [-0.25, -0.2) is 0 Å². The summed E-state index contributed by atoms with van der Waals surface area (Å²) in [6.07, 6.45) is 0. The van der Waals surface area contributed by atoms with E-state index in [0.29, 0.717) is 11.1 Å². The lowest BCUT2D eigenvalue weighted by molar-refractivity contribution is 1.12. The van der Waals surface area contributed by atoms with Crippen LogP contribution in [0.4, 0.5) is 0 Å². The molecule has 0 aliphatic rings. The van der Waals surface area contributed by atoms with Gasteiger partial charge in [-0.3, -0.25) is 0 Å². The molecule has 0 unspecified atom stereocenters. The van der Waals surface area contributed by atoms with Gasteiger partial charge in [0.25, 0.3) is 0 Å². The van der Waals surface area contributed by atoms with Crippen LogP contribution in [0.2, 0.25) is 0 Å². The number of benzene rings is 8. The fraction of sp³-hybridized carbons (Fsp3) is 0.0385. The van der Waals surface area contributed by atoms with E-state index in [1.165, 1.54) is 22.3 Å². The van der Waals surface area contributed by atoms with Crippen LogP contribution < -0.4 is 0 Å². The second kappa shape index (κ2) is 13.0. The van der Waals surface area contributed by atoms with Crippen molar-refractivity contribution in [3.8, 4) is 56.9 Å². The molecule has 0 saturated carbocycles. The Kier molecular flexibility index (Phi) is 7.66. The minimum absolute atomic E-state index is 0.543. The van der Waals surface area contributed by atoms with Crippen LogP contribution >= 0.6 is 0 Å². The number of aromatic nitrogens is 2. The molecular formula is C52H34N4. The van der Waals surface area contributed by atoms with E-state index in [9.17, 15) is 10.5 Å². The Morgan fingerprint density at radius 3 is 1.50 bits per heavy atom. The highest BCUT2D eigenvalue weighted by atomic mass is 15.0.